The lowest BCUT2D eigenvalue weighted by Crippen LogP contribution is -2.03. The van der Waals surface area contributed by atoms with E-state index in [4.69, 9.17) is 9.26 Å². The van der Waals surface area contributed by atoms with Gasteiger partial charge in [-0.15, -0.1) is 11.3 Å². The summed E-state index contributed by atoms with van der Waals surface area (Å²) in [6.45, 7) is 4.01. The van der Waals surface area contributed by atoms with Crippen molar-refractivity contribution < 1.29 is 14.1 Å². The van der Waals surface area contributed by atoms with E-state index < -0.39 is 0 Å². The monoisotopic (exact) mass is 328 g/mol. The Morgan fingerprint density at radius 1 is 1.22 bits per heavy atom. The minimum absolute atomic E-state index is 0.0319. The van der Waals surface area contributed by atoms with Gasteiger partial charge in [-0.1, -0.05) is 36.3 Å². The summed E-state index contributed by atoms with van der Waals surface area (Å²) in [5, 5.41) is 3.92. The number of aryl methyl sites for hydroxylation is 2. The van der Waals surface area contributed by atoms with Gasteiger partial charge >= 0.3 is 5.97 Å². The molecule has 5 nitrogen and oxygen atoms in total. The Kier molecular flexibility index (Phi) is 4.52. The molecule has 6 heteroatoms. The van der Waals surface area contributed by atoms with E-state index in [1.54, 1.807) is 6.07 Å². The smallest absolute Gasteiger partial charge is 0.348 e. The van der Waals surface area contributed by atoms with E-state index in [9.17, 15) is 4.79 Å². The molecule has 118 valence electrons. The van der Waals surface area contributed by atoms with Crippen LogP contribution >= 0.6 is 11.3 Å². The molecule has 0 saturated carbocycles. The van der Waals surface area contributed by atoms with Crippen molar-refractivity contribution in [2.45, 2.75) is 26.9 Å². The third kappa shape index (κ3) is 3.65. The van der Waals surface area contributed by atoms with Crippen molar-refractivity contribution in [3.05, 3.63) is 57.6 Å². The highest BCUT2D eigenvalue weighted by molar-refractivity contribution is 7.13. The van der Waals surface area contributed by atoms with Crippen LogP contribution in [0.5, 0.6) is 0 Å². The first-order chi connectivity index (χ1) is 11.2. The standard InChI is InChI=1S/C17H16N2O3S/c1-3-12-5-7-13(8-6-12)16-18-15(22-19-16)10-21-17(20)14-9-4-11(2)23-14/h4-9H,3,10H2,1-2H3. The van der Waals surface area contributed by atoms with Gasteiger partial charge in [0.25, 0.3) is 5.89 Å². The Bertz CT molecular complexity index is 805. The van der Waals surface area contributed by atoms with Crippen molar-refractivity contribution in [3.63, 3.8) is 0 Å². The first-order valence-electron chi connectivity index (χ1n) is 7.31. The van der Waals surface area contributed by atoms with Gasteiger partial charge in [0.05, 0.1) is 0 Å². The summed E-state index contributed by atoms with van der Waals surface area (Å²) in [5.41, 5.74) is 2.12. The zero-order chi connectivity index (χ0) is 16.2. The molecule has 0 aliphatic heterocycles. The number of hydrogen-bond donors (Lipinski definition) is 0. The molecule has 3 rings (SSSR count). The maximum atomic E-state index is 11.9. The van der Waals surface area contributed by atoms with Gasteiger partial charge in [-0.05, 0) is 31.0 Å². The Hall–Kier alpha value is -2.47. The summed E-state index contributed by atoms with van der Waals surface area (Å²) in [7, 11) is 0. The highest BCUT2D eigenvalue weighted by atomic mass is 32.1. The van der Waals surface area contributed by atoms with Crippen LogP contribution < -0.4 is 0 Å². The van der Waals surface area contributed by atoms with Crippen LogP contribution in [0.25, 0.3) is 11.4 Å². The molecule has 23 heavy (non-hydrogen) atoms. The second-order valence-electron chi connectivity index (χ2n) is 5.05. The average molecular weight is 328 g/mol. The molecule has 0 aliphatic rings. The molecule has 2 aromatic heterocycles. The lowest BCUT2D eigenvalue weighted by Gasteiger charge is -1.98. The number of ether oxygens (including phenoxy) is 1. The van der Waals surface area contributed by atoms with E-state index in [2.05, 4.69) is 17.1 Å². The maximum absolute atomic E-state index is 11.9. The van der Waals surface area contributed by atoms with E-state index in [0.29, 0.717) is 10.7 Å². The summed E-state index contributed by atoms with van der Waals surface area (Å²) in [5.74, 6) is 0.391. The molecule has 0 aliphatic carbocycles. The maximum Gasteiger partial charge on any atom is 0.348 e. The number of carbonyl (C=O) groups excluding carboxylic acids is 1. The van der Waals surface area contributed by atoms with Crippen LogP contribution in [0.3, 0.4) is 0 Å². The van der Waals surface area contributed by atoms with Crippen LogP contribution in [-0.4, -0.2) is 16.1 Å². The summed E-state index contributed by atoms with van der Waals surface area (Å²) in [6.07, 6.45) is 0.982. The average Bonchev–Trinajstić information content (AvgIpc) is 3.22. The predicted octanol–water partition coefficient (Wildman–Crippen LogP) is 4.03. The highest BCUT2D eigenvalue weighted by Gasteiger charge is 2.13. The Balaban J connectivity index is 1.63. The molecule has 0 unspecified atom stereocenters. The van der Waals surface area contributed by atoms with Crippen molar-refractivity contribution in [2.24, 2.45) is 0 Å². The molecular formula is C17H16N2O3S. The number of thiophene rings is 1. The fourth-order valence-corrected chi connectivity index (χ4v) is 2.82. The minimum atomic E-state index is -0.379. The summed E-state index contributed by atoms with van der Waals surface area (Å²) < 4.78 is 10.3. The van der Waals surface area contributed by atoms with E-state index in [0.717, 1.165) is 16.9 Å². The number of nitrogens with zero attached hydrogens (tertiary/aromatic N) is 2. The Morgan fingerprint density at radius 2 is 2.00 bits per heavy atom. The second kappa shape index (κ2) is 6.75. The van der Waals surface area contributed by atoms with Gasteiger partial charge < -0.3 is 9.26 Å². The van der Waals surface area contributed by atoms with Gasteiger partial charge in [0.1, 0.15) is 4.88 Å². The molecular weight excluding hydrogens is 312 g/mol. The van der Waals surface area contributed by atoms with Gasteiger partial charge in [-0.3, -0.25) is 0 Å². The van der Waals surface area contributed by atoms with Crippen molar-refractivity contribution in [3.8, 4) is 11.4 Å². The summed E-state index contributed by atoms with van der Waals surface area (Å²) in [6, 6.07) is 11.6. The fraction of sp³-hybridized carbons (Fsp3) is 0.235. The van der Waals surface area contributed by atoms with Crippen molar-refractivity contribution in [1.29, 1.82) is 0 Å². The zero-order valence-electron chi connectivity index (χ0n) is 12.9. The van der Waals surface area contributed by atoms with Crippen LogP contribution in [0.2, 0.25) is 0 Å². The van der Waals surface area contributed by atoms with E-state index in [1.807, 2.05) is 37.3 Å². The molecule has 0 atom stereocenters. The lowest BCUT2D eigenvalue weighted by molar-refractivity contribution is 0.0435. The van der Waals surface area contributed by atoms with Crippen LogP contribution in [0, 0.1) is 6.92 Å². The van der Waals surface area contributed by atoms with Crippen LogP contribution in [0.4, 0.5) is 0 Å². The van der Waals surface area contributed by atoms with Crippen LogP contribution in [0.1, 0.15) is 32.9 Å². The zero-order valence-corrected chi connectivity index (χ0v) is 13.7. The molecule has 0 amide bonds. The molecule has 1 aromatic carbocycles. The number of carbonyl (C=O) groups is 1. The normalized spacial score (nSPS) is 10.7. The fourth-order valence-electron chi connectivity index (χ4n) is 2.06. The number of esters is 1. The van der Waals surface area contributed by atoms with Crippen molar-refractivity contribution in [1.82, 2.24) is 10.1 Å². The molecule has 0 fully saturated rings. The molecule has 0 saturated heterocycles. The first kappa shape index (κ1) is 15.4. The SMILES string of the molecule is CCc1ccc(-c2noc(COC(=O)c3ccc(C)s3)n2)cc1. The molecule has 0 radical (unpaired) electrons. The second-order valence-corrected chi connectivity index (χ2v) is 6.34. The van der Waals surface area contributed by atoms with Crippen molar-refractivity contribution >= 4 is 17.3 Å². The number of aromatic nitrogens is 2. The van der Waals surface area contributed by atoms with Gasteiger partial charge in [0.15, 0.2) is 6.61 Å². The molecule has 0 spiro atoms. The Labute approximate surface area is 137 Å². The number of benzene rings is 1. The topological polar surface area (TPSA) is 65.2 Å². The van der Waals surface area contributed by atoms with E-state index >= 15 is 0 Å². The quantitative estimate of drug-likeness (QED) is 0.662. The van der Waals surface area contributed by atoms with Gasteiger partial charge in [0, 0.05) is 10.4 Å². The summed E-state index contributed by atoms with van der Waals surface area (Å²) >= 11 is 1.40. The third-order valence-corrected chi connectivity index (χ3v) is 4.34. The van der Waals surface area contributed by atoms with Crippen molar-refractivity contribution in [2.75, 3.05) is 0 Å². The van der Waals surface area contributed by atoms with Crippen LogP contribution in [-0.2, 0) is 17.8 Å². The van der Waals surface area contributed by atoms with Gasteiger partial charge in [-0.2, -0.15) is 4.98 Å². The number of rotatable bonds is 5. The molecule has 0 N–H and O–H groups in total. The summed E-state index contributed by atoms with van der Waals surface area (Å²) in [4.78, 5) is 17.8. The van der Waals surface area contributed by atoms with Crippen LogP contribution in [0.15, 0.2) is 40.9 Å². The molecule has 0 bridgehead atoms. The largest absolute Gasteiger partial charge is 0.451 e. The Morgan fingerprint density at radius 3 is 2.65 bits per heavy atom. The number of hydrogen-bond acceptors (Lipinski definition) is 6. The molecule has 2 heterocycles. The first-order valence-corrected chi connectivity index (χ1v) is 8.13. The van der Waals surface area contributed by atoms with E-state index in [-0.39, 0.29) is 18.5 Å². The van der Waals surface area contributed by atoms with Gasteiger partial charge in [0.2, 0.25) is 5.82 Å². The lowest BCUT2D eigenvalue weighted by atomic mass is 10.1. The minimum Gasteiger partial charge on any atom is -0.451 e. The molecule has 3 aromatic rings. The van der Waals surface area contributed by atoms with E-state index in [1.165, 1.54) is 16.9 Å². The predicted molar refractivity (Wildman–Crippen MR) is 87.3 cm³/mol. The third-order valence-electron chi connectivity index (χ3n) is 3.36. The van der Waals surface area contributed by atoms with Gasteiger partial charge in [-0.25, -0.2) is 4.79 Å². The highest BCUT2D eigenvalue weighted by Crippen LogP contribution is 2.19.